The quantitative estimate of drug-likeness (QED) is 0.771. The third-order valence-electron chi connectivity index (χ3n) is 3.46. The van der Waals surface area contributed by atoms with Crippen molar-refractivity contribution in [1.82, 2.24) is 10.4 Å². The molecule has 0 saturated carbocycles. The number of fused-ring (bicyclic) bond motifs is 1. The van der Waals surface area contributed by atoms with Gasteiger partial charge in [-0.05, 0) is 59.8 Å². The predicted molar refractivity (Wildman–Crippen MR) is 103 cm³/mol. The number of nitrogens with zero attached hydrogens (tertiary/aromatic N) is 3. The lowest BCUT2D eigenvalue weighted by Gasteiger charge is -2.08. The van der Waals surface area contributed by atoms with Gasteiger partial charge in [0, 0.05) is 10.0 Å². The molecule has 25 heavy (non-hydrogen) atoms. The summed E-state index contributed by atoms with van der Waals surface area (Å²) in [5.74, 6) is -0.223. The summed E-state index contributed by atoms with van der Waals surface area (Å²) in [7, 11) is 0. The number of hydrogen-bond donors (Lipinski definition) is 1. The third-order valence-corrected chi connectivity index (χ3v) is 4.79. The van der Waals surface area contributed by atoms with Crippen LogP contribution in [0.15, 0.2) is 64.2 Å². The van der Waals surface area contributed by atoms with Gasteiger partial charge in [0.15, 0.2) is 10.3 Å². The molecule has 1 amide bonds. The highest BCUT2D eigenvalue weighted by molar-refractivity contribution is 8.27. The second-order valence-electron chi connectivity index (χ2n) is 5.22. The van der Waals surface area contributed by atoms with Gasteiger partial charge in [-0.25, -0.2) is 9.98 Å². The molecular formula is C17H10Cl2N4OS. The standard InChI is InChI=1S/C17H10Cl2N4OS/c18-11-3-1-10(2-4-11)9-14-15(24)23-17(21-14)25-16(22-23)20-13-7-5-12(19)6-8-13/h1-9H,(H,20,22)/b14-9-. The van der Waals surface area contributed by atoms with Crippen molar-refractivity contribution in [3.8, 4) is 0 Å². The Morgan fingerprint density at radius 1 is 1.04 bits per heavy atom. The first-order valence-electron chi connectivity index (χ1n) is 7.28. The number of benzene rings is 2. The molecule has 2 heterocycles. The van der Waals surface area contributed by atoms with Crippen LogP contribution < -0.4 is 5.43 Å². The smallest absolute Gasteiger partial charge is 0.266 e. The fourth-order valence-electron chi connectivity index (χ4n) is 2.27. The minimum atomic E-state index is -0.223. The molecule has 0 spiro atoms. The summed E-state index contributed by atoms with van der Waals surface area (Å²) in [6, 6.07) is 14.3. The summed E-state index contributed by atoms with van der Waals surface area (Å²) in [5.41, 5.74) is 4.93. The Balaban J connectivity index is 1.56. The fourth-order valence-corrected chi connectivity index (χ4v) is 3.34. The van der Waals surface area contributed by atoms with Gasteiger partial charge >= 0.3 is 0 Å². The second-order valence-corrected chi connectivity index (χ2v) is 7.05. The van der Waals surface area contributed by atoms with Crippen molar-refractivity contribution in [1.29, 1.82) is 0 Å². The van der Waals surface area contributed by atoms with Crippen LogP contribution in [0.1, 0.15) is 5.56 Å². The van der Waals surface area contributed by atoms with Crippen LogP contribution in [0.5, 0.6) is 0 Å². The topological polar surface area (TPSA) is 57.1 Å². The van der Waals surface area contributed by atoms with E-state index in [1.54, 1.807) is 42.5 Å². The summed E-state index contributed by atoms with van der Waals surface area (Å²) < 4.78 is 0. The lowest BCUT2D eigenvalue weighted by atomic mass is 10.2. The number of amides is 1. The van der Waals surface area contributed by atoms with Crippen LogP contribution in [0.4, 0.5) is 5.69 Å². The van der Waals surface area contributed by atoms with Crippen LogP contribution in [-0.2, 0) is 4.79 Å². The number of aliphatic imine (C=N–C) groups is 2. The maximum atomic E-state index is 12.5. The molecule has 0 unspecified atom stereocenters. The number of thioether (sulfide) groups is 1. The molecule has 4 rings (SSSR count). The molecule has 0 radical (unpaired) electrons. The molecule has 8 heteroatoms. The number of nitrogens with one attached hydrogen (secondary N) is 1. The van der Waals surface area contributed by atoms with Crippen LogP contribution in [0.2, 0.25) is 10.0 Å². The Morgan fingerprint density at radius 2 is 1.68 bits per heavy atom. The zero-order valence-corrected chi connectivity index (χ0v) is 14.9. The lowest BCUT2D eigenvalue weighted by Crippen LogP contribution is -2.38. The molecule has 0 atom stereocenters. The largest absolute Gasteiger partial charge is 0.297 e. The number of carbonyl (C=O) groups excluding carboxylic acids is 1. The monoisotopic (exact) mass is 388 g/mol. The van der Waals surface area contributed by atoms with Crippen molar-refractivity contribution in [2.45, 2.75) is 0 Å². The summed E-state index contributed by atoms with van der Waals surface area (Å²) in [5, 5.41) is 3.82. The van der Waals surface area contributed by atoms with E-state index in [-0.39, 0.29) is 5.91 Å². The molecule has 0 bridgehead atoms. The molecule has 124 valence electrons. The zero-order chi connectivity index (χ0) is 17.4. The average Bonchev–Trinajstić information content (AvgIpc) is 3.11. The van der Waals surface area contributed by atoms with Crippen molar-refractivity contribution in [3.63, 3.8) is 0 Å². The maximum absolute atomic E-state index is 12.5. The number of halogens is 2. The van der Waals surface area contributed by atoms with Crippen molar-refractivity contribution in [2.24, 2.45) is 9.98 Å². The van der Waals surface area contributed by atoms with Gasteiger partial charge in [0.1, 0.15) is 5.70 Å². The van der Waals surface area contributed by atoms with Gasteiger partial charge in [-0.3, -0.25) is 10.2 Å². The van der Waals surface area contributed by atoms with Crippen molar-refractivity contribution < 1.29 is 4.79 Å². The van der Waals surface area contributed by atoms with Gasteiger partial charge in [-0.2, -0.15) is 5.01 Å². The van der Waals surface area contributed by atoms with E-state index in [1.807, 2.05) is 12.1 Å². The van der Waals surface area contributed by atoms with Gasteiger partial charge in [0.25, 0.3) is 5.91 Å². The Morgan fingerprint density at radius 3 is 2.32 bits per heavy atom. The maximum Gasteiger partial charge on any atom is 0.297 e. The Kier molecular flexibility index (Phi) is 4.25. The molecule has 1 N–H and O–H groups in total. The lowest BCUT2D eigenvalue weighted by molar-refractivity contribution is -0.123. The van der Waals surface area contributed by atoms with Gasteiger partial charge < -0.3 is 0 Å². The molecule has 2 aromatic carbocycles. The number of amidine groups is 2. The molecule has 0 aromatic heterocycles. The van der Waals surface area contributed by atoms with E-state index in [0.717, 1.165) is 11.3 Å². The molecule has 1 saturated heterocycles. The molecule has 2 aliphatic rings. The van der Waals surface area contributed by atoms with E-state index in [0.29, 0.717) is 26.1 Å². The average molecular weight is 389 g/mol. The highest BCUT2D eigenvalue weighted by Gasteiger charge is 2.37. The van der Waals surface area contributed by atoms with Crippen LogP contribution in [0.3, 0.4) is 0 Å². The number of hydrogen-bond acceptors (Lipinski definition) is 4. The van der Waals surface area contributed by atoms with Crippen molar-refractivity contribution in [2.75, 3.05) is 0 Å². The fraction of sp³-hybridized carbons (Fsp3) is 0. The molecular weight excluding hydrogens is 379 g/mol. The van der Waals surface area contributed by atoms with Crippen LogP contribution in [-0.4, -0.2) is 21.3 Å². The first-order chi connectivity index (χ1) is 12.1. The van der Waals surface area contributed by atoms with Gasteiger partial charge in [-0.1, -0.05) is 35.3 Å². The number of rotatable bonds is 2. The molecule has 2 aromatic rings. The zero-order valence-electron chi connectivity index (χ0n) is 12.6. The van der Waals surface area contributed by atoms with Gasteiger partial charge in [-0.15, -0.1) is 0 Å². The molecule has 5 nitrogen and oxygen atoms in total. The first kappa shape index (κ1) is 16.2. The first-order valence-corrected chi connectivity index (χ1v) is 8.85. The summed E-state index contributed by atoms with van der Waals surface area (Å²) in [6.07, 6.45) is 1.72. The second kappa shape index (κ2) is 6.55. The van der Waals surface area contributed by atoms with E-state index >= 15 is 0 Å². The highest BCUT2D eigenvalue weighted by Crippen LogP contribution is 2.29. The Labute approximate surface area is 158 Å². The summed E-state index contributed by atoms with van der Waals surface area (Å²) in [6.45, 7) is 0. The number of hydrazine groups is 1. The third kappa shape index (κ3) is 3.42. The summed E-state index contributed by atoms with van der Waals surface area (Å²) in [4.78, 5) is 21.3. The van der Waals surface area contributed by atoms with Crippen LogP contribution in [0.25, 0.3) is 6.08 Å². The molecule has 1 fully saturated rings. The van der Waals surface area contributed by atoms with Crippen molar-refractivity contribution in [3.05, 3.63) is 69.8 Å². The van der Waals surface area contributed by atoms with E-state index in [2.05, 4.69) is 15.4 Å². The molecule has 2 aliphatic heterocycles. The Bertz CT molecular complexity index is 936. The number of carbonyl (C=O) groups is 1. The Hall–Kier alpha value is -2.28. The predicted octanol–water partition coefficient (Wildman–Crippen LogP) is 4.47. The minimum Gasteiger partial charge on any atom is -0.266 e. The summed E-state index contributed by atoms with van der Waals surface area (Å²) >= 11 is 13.0. The van der Waals surface area contributed by atoms with E-state index in [1.165, 1.54) is 16.8 Å². The van der Waals surface area contributed by atoms with E-state index in [4.69, 9.17) is 23.2 Å². The van der Waals surface area contributed by atoms with Gasteiger partial charge in [0.05, 0.1) is 5.69 Å². The normalized spacial score (nSPS) is 19.4. The van der Waals surface area contributed by atoms with Gasteiger partial charge in [0.2, 0.25) is 0 Å². The van der Waals surface area contributed by atoms with Crippen LogP contribution >= 0.6 is 35.0 Å². The van der Waals surface area contributed by atoms with Crippen LogP contribution in [0, 0.1) is 0 Å². The SMILES string of the molecule is O=C1/C(=C/c2ccc(Cl)cc2)N=C2SC(=Nc3ccc(Cl)cc3)NN12. The molecule has 0 aliphatic carbocycles. The van der Waals surface area contributed by atoms with Crippen molar-refractivity contribution >= 4 is 63.0 Å². The van der Waals surface area contributed by atoms with E-state index in [9.17, 15) is 4.79 Å². The minimum absolute atomic E-state index is 0.223. The highest BCUT2D eigenvalue weighted by atomic mass is 35.5. The van der Waals surface area contributed by atoms with E-state index < -0.39 is 0 Å².